The second-order valence-electron chi connectivity index (χ2n) is 5.05. The van der Waals surface area contributed by atoms with Crippen molar-refractivity contribution in [1.82, 2.24) is 4.31 Å². The number of methoxy groups -OCH3 is 1. The van der Waals surface area contributed by atoms with Crippen molar-refractivity contribution in [2.75, 3.05) is 19.4 Å². The summed E-state index contributed by atoms with van der Waals surface area (Å²) in [5.74, 6) is 0.493. The number of ether oxygens (including phenoxy) is 1. The average molecular weight is 298 g/mol. The lowest BCUT2D eigenvalue weighted by Gasteiger charge is -2.27. The maximum absolute atomic E-state index is 12.7. The largest absolute Gasteiger partial charge is 0.495 e. The summed E-state index contributed by atoms with van der Waals surface area (Å²) in [5.41, 5.74) is 6.16. The van der Waals surface area contributed by atoms with Crippen LogP contribution in [0.25, 0.3) is 0 Å². The van der Waals surface area contributed by atoms with Gasteiger partial charge in [-0.3, -0.25) is 0 Å². The van der Waals surface area contributed by atoms with E-state index in [1.54, 1.807) is 16.4 Å². The second kappa shape index (κ2) is 6.01. The maximum Gasteiger partial charge on any atom is 0.243 e. The van der Waals surface area contributed by atoms with Crippen molar-refractivity contribution in [2.24, 2.45) is 0 Å². The predicted molar refractivity (Wildman–Crippen MR) is 79.2 cm³/mol. The van der Waals surface area contributed by atoms with E-state index in [2.05, 4.69) is 0 Å². The summed E-state index contributed by atoms with van der Waals surface area (Å²) in [7, 11) is -1.97. The number of anilines is 1. The third-order valence-corrected chi connectivity index (χ3v) is 5.87. The summed E-state index contributed by atoms with van der Waals surface area (Å²) in [4.78, 5) is 0.240. The average Bonchev–Trinajstić information content (AvgIpc) is 2.93. The SMILES string of the molecule is CCN(C1CCCC1)S(=O)(=O)c1ccc(OC)c(N)c1. The van der Waals surface area contributed by atoms with Gasteiger partial charge in [-0.15, -0.1) is 0 Å². The Balaban J connectivity index is 2.35. The van der Waals surface area contributed by atoms with Gasteiger partial charge >= 0.3 is 0 Å². The Bertz CT molecular complexity index is 566. The molecule has 0 aromatic heterocycles. The van der Waals surface area contributed by atoms with Gasteiger partial charge in [0.25, 0.3) is 0 Å². The van der Waals surface area contributed by atoms with E-state index in [1.807, 2.05) is 6.92 Å². The lowest BCUT2D eigenvalue weighted by molar-refractivity contribution is 0.335. The number of nitrogen functional groups attached to an aromatic ring is 1. The Morgan fingerprint density at radius 1 is 1.35 bits per heavy atom. The highest BCUT2D eigenvalue weighted by Crippen LogP contribution is 2.31. The second-order valence-corrected chi connectivity index (χ2v) is 6.94. The van der Waals surface area contributed by atoms with Gasteiger partial charge in [0.2, 0.25) is 10.0 Å². The molecule has 0 aliphatic heterocycles. The maximum atomic E-state index is 12.7. The zero-order valence-electron chi connectivity index (χ0n) is 12.0. The van der Waals surface area contributed by atoms with E-state index in [4.69, 9.17) is 10.5 Å². The monoisotopic (exact) mass is 298 g/mol. The van der Waals surface area contributed by atoms with Gasteiger partial charge in [-0.25, -0.2) is 8.42 Å². The standard InChI is InChI=1S/C14H22N2O3S/c1-3-16(11-6-4-5-7-11)20(17,18)12-8-9-14(19-2)13(15)10-12/h8-11H,3-7,15H2,1-2H3. The van der Waals surface area contributed by atoms with Gasteiger partial charge in [0, 0.05) is 12.6 Å². The fourth-order valence-corrected chi connectivity index (χ4v) is 4.55. The molecular formula is C14H22N2O3S. The molecule has 0 bridgehead atoms. The van der Waals surface area contributed by atoms with Gasteiger partial charge in [-0.05, 0) is 31.0 Å². The summed E-state index contributed by atoms with van der Waals surface area (Å²) in [6, 6.07) is 4.76. The molecule has 1 saturated carbocycles. The van der Waals surface area contributed by atoms with Crippen molar-refractivity contribution < 1.29 is 13.2 Å². The van der Waals surface area contributed by atoms with Crippen LogP contribution in [0, 0.1) is 0 Å². The van der Waals surface area contributed by atoms with Crippen LogP contribution in [-0.2, 0) is 10.0 Å². The van der Waals surface area contributed by atoms with E-state index in [0.29, 0.717) is 18.0 Å². The number of nitrogens with two attached hydrogens (primary N) is 1. The lowest BCUT2D eigenvalue weighted by Crippen LogP contribution is -2.38. The molecular weight excluding hydrogens is 276 g/mol. The van der Waals surface area contributed by atoms with Crippen LogP contribution in [0.5, 0.6) is 5.75 Å². The van der Waals surface area contributed by atoms with Crippen molar-refractivity contribution in [3.8, 4) is 5.75 Å². The number of rotatable bonds is 5. The van der Waals surface area contributed by atoms with Crippen LogP contribution < -0.4 is 10.5 Å². The Morgan fingerprint density at radius 2 is 2.00 bits per heavy atom. The Hall–Kier alpha value is -1.27. The lowest BCUT2D eigenvalue weighted by atomic mass is 10.2. The minimum absolute atomic E-state index is 0.119. The molecule has 1 aliphatic carbocycles. The summed E-state index contributed by atoms with van der Waals surface area (Å²) in [6.45, 7) is 2.36. The van der Waals surface area contributed by atoms with Gasteiger partial charge < -0.3 is 10.5 Å². The fourth-order valence-electron chi connectivity index (χ4n) is 2.82. The number of hydrogen-bond donors (Lipinski definition) is 1. The zero-order chi connectivity index (χ0) is 14.8. The smallest absolute Gasteiger partial charge is 0.243 e. The molecule has 2 N–H and O–H groups in total. The molecule has 6 heteroatoms. The molecule has 0 radical (unpaired) electrons. The first-order valence-corrected chi connectivity index (χ1v) is 8.40. The summed E-state index contributed by atoms with van der Waals surface area (Å²) < 4.78 is 32.1. The number of nitrogens with zero attached hydrogens (tertiary/aromatic N) is 1. The normalized spacial score (nSPS) is 16.8. The molecule has 1 aromatic rings. The molecule has 112 valence electrons. The van der Waals surface area contributed by atoms with Crippen molar-refractivity contribution in [3.05, 3.63) is 18.2 Å². The van der Waals surface area contributed by atoms with E-state index in [9.17, 15) is 8.42 Å². The third kappa shape index (κ3) is 2.76. The molecule has 0 atom stereocenters. The molecule has 1 fully saturated rings. The Kier molecular flexibility index (Phi) is 4.55. The predicted octanol–water partition coefficient (Wildman–Crippen LogP) is 2.23. The van der Waals surface area contributed by atoms with Gasteiger partial charge in [0.15, 0.2) is 0 Å². The van der Waals surface area contributed by atoms with Gasteiger partial charge in [-0.2, -0.15) is 4.31 Å². The van der Waals surface area contributed by atoms with E-state index in [-0.39, 0.29) is 10.9 Å². The van der Waals surface area contributed by atoms with Crippen LogP contribution in [0.15, 0.2) is 23.1 Å². The van der Waals surface area contributed by atoms with E-state index < -0.39 is 10.0 Å². The van der Waals surface area contributed by atoms with Crippen molar-refractivity contribution in [3.63, 3.8) is 0 Å². The third-order valence-electron chi connectivity index (χ3n) is 3.85. The first-order valence-electron chi connectivity index (χ1n) is 6.96. The minimum atomic E-state index is -3.48. The molecule has 5 nitrogen and oxygen atoms in total. The first kappa shape index (κ1) is 15.1. The minimum Gasteiger partial charge on any atom is -0.495 e. The molecule has 0 heterocycles. The molecule has 0 spiro atoms. The Labute approximate surface area is 120 Å². The molecule has 0 unspecified atom stereocenters. The quantitative estimate of drug-likeness (QED) is 0.846. The van der Waals surface area contributed by atoms with Crippen LogP contribution in [0.4, 0.5) is 5.69 Å². The zero-order valence-corrected chi connectivity index (χ0v) is 12.8. The topological polar surface area (TPSA) is 72.6 Å². The molecule has 2 rings (SSSR count). The highest BCUT2D eigenvalue weighted by molar-refractivity contribution is 7.89. The fraction of sp³-hybridized carbons (Fsp3) is 0.571. The van der Waals surface area contributed by atoms with Crippen LogP contribution in [0.1, 0.15) is 32.6 Å². The van der Waals surface area contributed by atoms with Crippen LogP contribution in [0.3, 0.4) is 0 Å². The summed E-state index contributed by atoms with van der Waals surface area (Å²) in [6.07, 6.45) is 4.08. The van der Waals surface area contributed by atoms with E-state index in [1.165, 1.54) is 13.2 Å². The number of hydrogen-bond acceptors (Lipinski definition) is 4. The summed E-state index contributed by atoms with van der Waals surface area (Å²) >= 11 is 0. The van der Waals surface area contributed by atoms with Crippen LogP contribution in [0.2, 0.25) is 0 Å². The van der Waals surface area contributed by atoms with E-state index >= 15 is 0 Å². The van der Waals surface area contributed by atoms with Crippen molar-refractivity contribution in [1.29, 1.82) is 0 Å². The molecule has 20 heavy (non-hydrogen) atoms. The van der Waals surface area contributed by atoms with Crippen molar-refractivity contribution >= 4 is 15.7 Å². The van der Waals surface area contributed by atoms with Crippen LogP contribution >= 0.6 is 0 Å². The van der Waals surface area contributed by atoms with Crippen LogP contribution in [-0.4, -0.2) is 32.4 Å². The number of sulfonamides is 1. The highest BCUT2D eigenvalue weighted by Gasteiger charge is 2.32. The molecule has 1 aromatic carbocycles. The highest BCUT2D eigenvalue weighted by atomic mass is 32.2. The first-order chi connectivity index (χ1) is 9.50. The summed E-state index contributed by atoms with van der Waals surface area (Å²) in [5, 5.41) is 0. The van der Waals surface area contributed by atoms with Gasteiger partial charge in [0.1, 0.15) is 5.75 Å². The molecule has 0 saturated heterocycles. The van der Waals surface area contributed by atoms with Gasteiger partial charge in [-0.1, -0.05) is 19.8 Å². The van der Waals surface area contributed by atoms with E-state index in [0.717, 1.165) is 25.7 Å². The Morgan fingerprint density at radius 3 is 2.50 bits per heavy atom. The number of benzene rings is 1. The van der Waals surface area contributed by atoms with Crippen molar-refractivity contribution in [2.45, 2.75) is 43.5 Å². The van der Waals surface area contributed by atoms with Gasteiger partial charge in [0.05, 0.1) is 17.7 Å². The molecule has 1 aliphatic rings. The molecule has 0 amide bonds.